The van der Waals surface area contributed by atoms with Crippen LogP contribution in [0.15, 0.2) is 6.33 Å². The van der Waals surface area contributed by atoms with Crippen LogP contribution in [0.25, 0.3) is 0 Å². The van der Waals surface area contributed by atoms with Gasteiger partial charge in [0.15, 0.2) is 9.84 Å². The number of nitrogens with two attached hydrogens (primary N) is 1. The van der Waals surface area contributed by atoms with Crippen LogP contribution in [0.2, 0.25) is 0 Å². The van der Waals surface area contributed by atoms with Crippen LogP contribution in [0.5, 0.6) is 0 Å². The van der Waals surface area contributed by atoms with Crippen LogP contribution in [-0.4, -0.2) is 41.2 Å². The Bertz CT molecular complexity index is 538. The molecule has 19 heavy (non-hydrogen) atoms. The first-order chi connectivity index (χ1) is 8.86. The van der Waals surface area contributed by atoms with Crippen molar-refractivity contribution in [2.45, 2.75) is 33.2 Å². The van der Waals surface area contributed by atoms with E-state index in [1.165, 1.54) is 6.33 Å². The van der Waals surface area contributed by atoms with Crippen LogP contribution in [-0.2, 0) is 22.8 Å². The SMILES string of the molecule is CC(C)Cn1ncnc1CC1(CN)CCS(=O)(=O)C1. The van der Waals surface area contributed by atoms with Gasteiger partial charge in [0.05, 0.1) is 11.5 Å². The molecule has 1 aliphatic heterocycles. The molecule has 1 atom stereocenters. The van der Waals surface area contributed by atoms with Gasteiger partial charge in [0.2, 0.25) is 0 Å². The molecule has 0 spiro atoms. The quantitative estimate of drug-likeness (QED) is 0.837. The third-order valence-electron chi connectivity index (χ3n) is 3.67. The minimum atomic E-state index is -2.94. The topological polar surface area (TPSA) is 90.9 Å². The van der Waals surface area contributed by atoms with Crippen molar-refractivity contribution in [2.24, 2.45) is 17.1 Å². The molecule has 0 saturated carbocycles. The summed E-state index contributed by atoms with van der Waals surface area (Å²) >= 11 is 0. The molecule has 2 heterocycles. The van der Waals surface area contributed by atoms with Gasteiger partial charge in [-0.15, -0.1) is 0 Å². The van der Waals surface area contributed by atoms with Crippen LogP contribution < -0.4 is 5.73 Å². The summed E-state index contributed by atoms with van der Waals surface area (Å²) in [6.07, 6.45) is 2.75. The second-order valence-corrected chi connectivity index (χ2v) is 8.16. The lowest BCUT2D eigenvalue weighted by Crippen LogP contribution is -2.35. The Balaban J connectivity index is 2.18. The fourth-order valence-corrected chi connectivity index (χ4v) is 4.80. The van der Waals surface area contributed by atoms with Gasteiger partial charge in [-0.3, -0.25) is 0 Å². The zero-order valence-corrected chi connectivity index (χ0v) is 12.4. The molecule has 1 fully saturated rings. The van der Waals surface area contributed by atoms with E-state index in [2.05, 4.69) is 23.9 Å². The van der Waals surface area contributed by atoms with Crippen LogP contribution in [0.3, 0.4) is 0 Å². The van der Waals surface area contributed by atoms with E-state index in [1.54, 1.807) is 0 Å². The van der Waals surface area contributed by atoms with E-state index < -0.39 is 9.84 Å². The molecule has 1 saturated heterocycles. The summed E-state index contributed by atoms with van der Waals surface area (Å²) < 4.78 is 25.3. The zero-order chi connectivity index (χ0) is 14.1. The summed E-state index contributed by atoms with van der Waals surface area (Å²) in [7, 11) is -2.94. The van der Waals surface area contributed by atoms with Crippen molar-refractivity contribution in [3.8, 4) is 0 Å². The highest BCUT2D eigenvalue weighted by Crippen LogP contribution is 2.34. The normalized spacial score (nSPS) is 26.1. The predicted molar refractivity (Wildman–Crippen MR) is 73.3 cm³/mol. The lowest BCUT2D eigenvalue weighted by molar-refractivity contribution is 0.324. The molecule has 6 nitrogen and oxygen atoms in total. The number of hydrogen-bond acceptors (Lipinski definition) is 5. The van der Waals surface area contributed by atoms with E-state index in [4.69, 9.17) is 5.73 Å². The molecule has 2 rings (SSSR count). The summed E-state index contributed by atoms with van der Waals surface area (Å²) in [5.41, 5.74) is 5.48. The van der Waals surface area contributed by atoms with Crippen LogP contribution in [0.4, 0.5) is 0 Å². The van der Waals surface area contributed by atoms with Gasteiger partial charge < -0.3 is 5.73 Å². The van der Waals surface area contributed by atoms with Crippen molar-refractivity contribution >= 4 is 9.84 Å². The summed E-state index contributed by atoms with van der Waals surface area (Å²) in [4.78, 5) is 4.27. The summed E-state index contributed by atoms with van der Waals surface area (Å²) in [5, 5.41) is 4.22. The van der Waals surface area contributed by atoms with Gasteiger partial charge in [0.25, 0.3) is 0 Å². The van der Waals surface area contributed by atoms with Crippen molar-refractivity contribution in [3.63, 3.8) is 0 Å². The second-order valence-electron chi connectivity index (χ2n) is 5.98. The monoisotopic (exact) mass is 286 g/mol. The van der Waals surface area contributed by atoms with Crippen molar-refractivity contribution < 1.29 is 8.42 Å². The maximum absolute atomic E-state index is 11.7. The molecule has 0 radical (unpaired) electrons. The van der Waals surface area contributed by atoms with Gasteiger partial charge >= 0.3 is 0 Å². The Morgan fingerprint density at radius 3 is 2.79 bits per heavy atom. The Morgan fingerprint density at radius 2 is 2.26 bits per heavy atom. The fraction of sp³-hybridized carbons (Fsp3) is 0.833. The van der Waals surface area contributed by atoms with Crippen molar-refractivity contribution in [1.29, 1.82) is 0 Å². The Kier molecular flexibility index (Phi) is 3.96. The first kappa shape index (κ1) is 14.5. The number of aromatic nitrogens is 3. The molecule has 108 valence electrons. The first-order valence-electron chi connectivity index (χ1n) is 6.63. The highest BCUT2D eigenvalue weighted by Gasteiger charge is 2.42. The third-order valence-corrected chi connectivity index (χ3v) is 5.55. The number of rotatable bonds is 5. The molecule has 1 aromatic heterocycles. The van der Waals surface area contributed by atoms with Crippen LogP contribution in [0, 0.1) is 11.3 Å². The molecular weight excluding hydrogens is 264 g/mol. The number of sulfone groups is 1. The van der Waals surface area contributed by atoms with Crippen molar-refractivity contribution in [3.05, 3.63) is 12.2 Å². The highest BCUT2D eigenvalue weighted by molar-refractivity contribution is 7.91. The second kappa shape index (κ2) is 5.20. The summed E-state index contributed by atoms with van der Waals surface area (Å²) in [5.74, 6) is 1.73. The van der Waals surface area contributed by atoms with Crippen molar-refractivity contribution in [2.75, 3.05) is 18.1 Å². The molecular formula is C12H22N4O2S. The van der Waals surface area contributed by atoms with Crippen LogP contribution >= 0.6 is 0 Å². The largest absolute Gasteiger partial charge is 0.330 e. The minimum absolute atomic E-state index is 0.172. The molecule has 1 aromatic rings. The van der Waals surface area contributed by atoms with Gasteiger partial charge in [-0.1, -0.05) is 13.8 Å². The molecule has 2 N–H and O–H groups in total. The fourth-order valence-electron chi connectivity index (χ4n) is 2.61. The maximum Gasteiger partial charge on any atom is 0.150 e. The number of nitrogens with zero attached hydrogens (tertiary/aromatic N) is 3. The van der Waals surface area contributed by atoms with Gasteiger partial charge in [0, 0.05) is 18.4 Å². The van der Waals surface area contributed by atoms with Gasteiger partial charge in [0.1, 0.15) is 12.2 Å². The first-order valence-corrected chi connectivity index (χ1v) is 8.45. The molecule has 7 heteroatoms. The molecule has 0 aromatic carbocycles. The third kappa shape index (κ3) is 3.33. The Labute approximate surface area is 114 Å². The number of hydrogen-bond donors (Lipinski definition) is 1. The van der Waals surface area contributed by atoms with Crippen molar-refractivity contribution in [1.82, 2.24) is 14.8 Å². The average Bonchev–Trinajstić information content (AvgIpc) is 2.84. The molecule has 1 unspecified atom stereocenters. The predicted octanol–water partition coefficient (Wildman–Crippen LogP) is 0.240. The van der Waals surface area contributed by atoms with E-state index >= 15 is 0 Å². The smallest absolute Gasteiger partial charge is 0.150 e. The lowest BCUT2D eigenvalue weighted by atomic mass is 9.84. The van der Waals surface area contributed by atoms with E-state index in [1.807, 2.05) is 4.68 Å². The molecule has 1 aliphatic rings. The van der Waals surface area contributed by atoms with Gasteiger partial charge in [-0.05, 0) is 18.9 Å². The minimum Gasteiger partial charge on any atom is -0.330 e. The van der Waals surface area contributed by atoms with Gasteiger partial charge in [-0.2, -0.15) is 5.10 Å². The Hall–Kier alpha value is -0.950. The highest BCUT2D eigenvalue weighted by atomic mass is 32.2. The van der Waals surface area contributed by atoms with Gasteiger partial charge in [-0.25, -0.2) is 18.1 Å². The molecule has 0 aliphatic carbocycles. The molecule has 0 amide bonds. The van der Waals surface area contributed by atoms with Crippen LogP contribution in [0.1, 0.15) is 26.1 Å². The summed E-state index contributed by atoms with van der Waals surface area (Å²) in [6.45, 7) is 5.40. The summed E-state index contributed by atoms with van der Waals surface area (Å²) in [6, 6.07) is 0. The van der Waals surface area contributed by atoms with E-state index in [0.29, 0.717) is 25.3 Å². The lowest BCUT2D eigenvalue weighted by Gasteiger charge is -2.25. The van der Waals surface area contributed by atoms with E-state index in [0.717, 1.165) is 12.4 Å². The zero-order valence-electron chi connectivity index (χ0n) is 11.5. The van der Waals surface area contributed by atoms with E-state index in [9.17, 15) is 8.42 Å². The standard InChI is InChI=1S/C12H22N4O2S/c1-10(2)6-16-11(14-9-15-16)5-12(7-13)3-4-19(17,18)8-12/h9-10H,3-8,13H2,1-2H3. The molecule has 0 bridgehead atoms. The average molecular weight is 286 g/mol. The Morgan fingerprint density at radius 1 is 1.53 bits per heavy atom. The van der Waals surface area contributed by atoms with E-state index in [-0.39, 0.29) is 16.9 Å². The maximum atomic E-state index is 11.7.